The molecule has 3 N–H and O–H groups in total. The number of benzene rings is 1. The SMILES string of the molecule is CNc1cc2c(c(C(=O)NC[C@@H]3CCN(CCCC#N)C[C@H]3O)c1)OCCCO2. The van der Waals surface area contributed by atoms with Crippen molar-refractivity contribution < 1.29 is 19.4 Å². The standard InChI is InChI=1S/C21H30N4O4/c1-23-16-11-17(20-19(12-16)28-9-4-10-29-20)21(27)24-13-15-5-8-25(14-18(15)26)7-3-2-6-22/h11-12,15,18,23,26H,2-5,7-10,13-14H2,1H3,(H,24,27)/t15-,18+/m0/s1. The van der Waals surface area contributed by atoms with Crippen molar-refractivity contribution in [2.24, 2.45) is 5.92 Å². The van der Waals surface area contributed by atoms with Gasteiger partial charge in [-0.1, -0.05) is 0 Å². The van der Waals surface area contributed by atoms with Crippen LogP contribution in [0, 0.1) is 17.2 Å². The summed E-state index contributed by atoms with van der Waals surface area (Å²) in [5.74, 6) is 0.832. The number of ether oxygens (including phenoxy) is 2. The zero-order valence-corrected chi connectivity index (χ0v) is 16.9. The first-order valence-electron chi connectivity index (χ1n) is 10.3. The van der Waals surface area contributed by atoms with Gasteiger partial charge in [0.05, 0.1) is 31.0 Å². The van der Waals surface area contributed by atoms with Gasteiger partial charge in [-0.15, -0.1) is 0 Å². The van der Waals surface area contributed by atoms with Crippen molar-refractivity contribution in [3.05, 3.63) is 17.7 Å². The molecule has 1 amide bonds. The van der Waals surface area contributed by atoms with Crippen molar-refractivity contribution in [2.75, 3.05) is 51.8 Å². The second-order valence-electron chi connectivity index (χ2n) is 7.54. The highest BCUT2D eigenvalue weighted by molar-refractivity contribution is 5.99. The van der Waals surface area contributed by atoms with Gasteiger partial charge >= 0.3 is 0 Å². The molecule has 1 aromatic rings. The Balaban J connectivity index is 1.59. The summed E-state index contributed by atoms with van der Waals surface area (Å²) in [6.07, 6.45) is 2.44. The number of nitrogens with one attached hydrogen (secondary N) is 2. The number of likely N-dealkylation sites (tertiary alicyclic amines) is 1. The number of carbonyl (C=O) groups excluding carboxylic acids is 1. The van der Waals surface area contributed by atoms with Gasteiger partial charge in [0.15, 0.2) is 11.5 Å². The molecule has 0 unspecified atom stereocenters. The van der Waals surface area contributed by atoms with Crippen molar-refractivity contribution in [1.29, 1.82) is 5.26 Å². The number of anilines is 1. The van der Waals surface area contributed by atoms with Crippen LogP contribution in [0.15, 0.2) is 12.1 Å². The quantitative estimate of drug-likeness (QED) is 0.595. The first-order chi connectivity index (χ1) is 14.1. The maximum atomic E-state index is 12.9. The molecule has 2 atom stereocenters. The summed E-state index contributed by atoms with van der Waals surface area (Å²) in [7, 11) is 1.79. The number of unbranched alkanes of at least 4 members (excludes halogenated alkanes) is 1. The molecule has 0 bridgehead atoms. The maximum Gasteiger partial charge on any atom is 0.255 e. The fourth-order valence-corrected chi connectivity index (χ4v) is 3.77. The number of aliphatic hydroxyl groups excluding tert-OH is 1. The zero-order chi connectivity index (χ0) is 20.6. The van der Waals surface area contributed by atoms with Gasteiger partial charge < -0.3 is 30.1 Å². The Bertz CT molecular complexity index is 749. The van der Waals surface area contributed by atoms with Gasteiger partial charge in [0, 0.05) is 50.7 Å². The second-order valence-corrected chi connectivity index (χ2v) is 7.54. The molecular weight excluding hydrogens is 372 g/mol. The summed E-state index contributed by atoms with van der Waals surface area (Å²) in [4.78, 5) is 15.1. The number of fused-ring (bicyclic) bond motifs is 1. The minimum Gasteiger partial charge on any atom is -0.489 e. The monoisotopic (exact) mass is 402 g/mol. The van der Waals surface area contributed by atoms with Gasteiger partial charge in [0.25, 0.3) is 5.91 Å². The van der Waals surface area contributed by atoms with E-state index in [2.05, 4.69) is 21.6 Å². The molecule has 8 heteroatoms. The van der Waals surface area contributed by atoms with E-state index in [1.807, 2.05) is 6.07 Å². The van der Waals surface area contributed by atoms with Crippen LogP contribution >= 0.6 is 0 Å². The van der Waals surface area contributed by atoms with Crippen molar-refractivity contribution >= 4 is 11.6 Å². The fourth-order valence-electron chi connectivity index (χ4n) is 3.77. The summed E-state index contributed by atoms with van der Waals surface area (Å²) in [6.45, 7) is 3.74. The lowest BCUT2D eigenvalue weighted by Gasteiger charge is -2.36. The molecule has 3 rings (SSSR count). The van der Waals surface area contributed by atoms with E-state index in [0.29, 0.717) is 49.8 Å². The van der Waals surface area contributed by atoms with Crippen LogP contribution in [-0.4, -0.2) is 68.5 Å². The van der Waals surface area contributed by atoms with E-state index < -0.39 is 6.10 Å². The summed E-state index contributed by atoms with van der Waals surface area (Å²) >= 11 is 0. The predicted molar refractivity (Wildman–Crippen MR) is 109 cm³/mol. The van der Waals surface area contributed by atoms with E-state index in [0.717, 1.165) is 38.0 Å². The summed E-state index contributed by atoms with van der Waals surface area (Å²) < 4.78 is 11.5. The van der Waals surface area contributed by atoms with Gasteiger partial charge in [-0.2, -0.15) is 5.26 Å². The molecule has 158 valence electrons. The van der Waals surface area contributed by atoms with Gasteiger partial charge in [-0.3, -0.25) is 4.79 Å². The lowest BCUT2D eigenvalue weighted by Crippen LogP contribution is -2.47. The molecule has 0 spiro atoms. The van der Waals surface area contributed by atoms with Gasteiger partial charge in [-0.05, 0) is 32.0 Å². The Morgan fingerprint density at radius 2 is 2.21 bits per heavy atom. The third kappa shape index (κ3) is 5.52. The summed E-state index contributed by atoms with van der Waals surface area (Å²) in [5.41, 5.74) is 1.22. The molecule has 2 aliphatic rings. The predicted octanol–water partition coefficient (Wildman–Crippen LogP) is 1.61. The molecule has 0 aliphatic carbocycles. The number of aliphatic hydroxyl groups is 1. The molecule has 0 saturated carbocycles. The molecule has 0 radical (unpaired) electrons. The number of nitrogens with zero attached hydrogens (tertiary/aromatic N) is 2. The Morgan fingerprint density at radius 1 is 1.38 bits per heavy atom. The normalized spacial score (nSPS) is 21.7. The molecule has 1 aromatic carbocycles. The topological polar surface area (TPSA) is 107 Å². The van der Waals surface area contributed by atoms with Crippen LogP contribution in [0.5, 0.6) is 11.5 Å². The number of nitriles is 1. The zero-order valence-electron chi connectivity index (χ0n) is 16.9. The van der Waals surface area contributed by atoms with E-state index in [1.54, 1.807) is 13.1 Å². The molecular formula is C21H30N4O4. The molecule has 1 fully saturated rings. The van der Waals surface area contributed by atoms with Crippen LogP contribution in [0.2, 0.25) is 0 Å². The van der Waals surface area contributed by atoms with Gasteiger partial charge in [0.2, 0.25) is 0 Å². The maximum absolute atomic E-state index is 12.9. The summed E-state index contributed by atoms with van der Waals surface area (Å²) in [6, 6.07) is 5.75. The molecule has 2 aliphatic heterocycles. The van der Waals surface area contributed by atoms with E-state index in [4.69, 9.17) is 14.7 Å². The number of β-amino-alcohol motifs (C(OH)–C–C–N with tert-alkyl or cyclic N) is 1. The van der Waals surface area contributed by atoms with Crippen molar-refractivity contribution in [2.45, 2.75) is 31.8 Å². The minimum absolute atomic E-state index is 0.00872. The number of amides is 1. The van der Waals surface area contributed by atoms with E-state index in [1.165, 1.54) is 0 Å². The largest absolute Gasteiger partial charge is 0.489 e. The van der Waals surface area contributed by atoms with Crippen LogP contribution in [0.1, 0.15) is 36.0 Å². The first kappa shape index (κ1) is 21.2. The second kappa shape index (κ2) is 10.3. The van der Waals surface area contributed by atoms with Crippen LogP contribution in [0.3, 0.4) is 0 Å². The highest BCUT2D eigenvalue weighted by Gasteiger charge is 2.28. The lowest BCUT2D eigenvalue weighted by atomic mass is 9.93. The van der Waals surface area contributed by atoms with E-state index in [-0.39, 0.29) is 11.8 Å². The van der Waals surface area contributed by atoms with Crippen molar-refractivity contribution in [3.8, 4) is 17.6 Å². The number of hydrogen-bond donors (Lipinski definition) is 3. The van der Waals surface area contributed by atoms with Crippen LogP contribution in [-0.2, 0) is 0 Å². The van der Waals surface area contributed by atoms with Gasteiger partial charge in [-0.25, -0.2) is 0 Å². The van der Waals surface area contributed by atoms with Crippen LogP contribution < -0.4 is 20.1 Å². The highest BCUT2D eigenvalue weighted by atomic mass is 16.5. The van der Waals surface area contributed by atoms with Crippen LogP contribution in [0.4, 0.5) is 5.69 Å². The molecule has 2 heterocycles. The van der Waals surface area contributed by atoms with E-state index in [9.17, 15) is 9.90 Å². The fraction of sp³-hybridized carbons (Fsp3) is 0.619. The van der Waals surface area contributed by atoms with Crippen molar-refractivity contribution in [1.82, 2.24) is 10.2 Å². The molecule has 1 saturated heterocycles. The van der Waals surface area contributed by atoms with Crippen LogP contribution in [0.25, 0.3) is 0 Å². The van der Waals surface area contributed by atoms with Gasteiger partial charge in [0.1, 0.15) is 0 Å². The Morgan fingerprint density at radius 3 is 2.97 bits per heavy atom. The highest BCUT2D eigenvalue weighted by Crippen LogP contribution is 2.36. The average Bonchev–Trinajstić information content (AvgIpc) is 2.97. The number of carbonyl (C=O) groups is 1. The van der Waals surface area contributed by atoms with E-state index >= 15 is 0 Å². The molecule has 0 aromatic heterocycles. The molecule has 29 heavy (non-hydrogen) atoms. The Kier molecular flexibility index (Phi) is 7.55. The smallest absolute Gasteiger partial charge is 0.255 e. The summed E-state index contributed by atoms with van der Waals surface area (Å²) in [5, 5.41) is 25.1. The van der Waals surface area contributed by atoms with Crippen molar-refractivity contribution in [3.63, 3.8) is 0 Å². The number of piperidine rings is 1. The average molecular weight is 402 g/mol. The molecule has 8 nitrogen and oxygen atoms in total. The number of hydrogen-bond acceptors (Lipinski definition) is 7. The number of rotatable bonds is 7. The minimum atomic E-state index is -0.494. The Hall–Kier alpha value is -2.50. The Labute approximate surface area is 171 Å². The first-order valence-corrected chi connectivity index (χ1v) is 10.3. The third-order valence-electron chi connectivity index (χ3n) is 5.47. The lowest BCUT2D eigenvalue weighted by molar-refractivity contribution is 0.0219. The third-order valence-corrected chi connectivity index (χ3v) is 5.47.